The fourth-order valence-corrected chi connectivity index (χ4v) is 1.61. The zero-order chi connectivity index (χ0) is 13.0. The van der Waals surface area contributed by atoms with E-state index in [9.17, 15) is 8.78 Å². The van der Waals surface area contributed by atoms with Gasteiger partial charge in [-0.25, -0.2) is 8.78 Å². The minimum absolute atomic E-state index is 0.0207. The van der Waals surface area contributed by atoms with Gasteiger partial charge in [0.15, 0.2) is 0 Å². The molecule has 0 heterocycles. The van der Waals surface area contributed by atoms with Crippen molar-refractivity contribution in [3.63, 3.8) is 0 Å². The minimum Gasteiger partial charge on any atom is -0.398 e. The maximum atomic E-state index is 13.4. The van der Waals surface area contributed by atoms with Crippen molar-refractivity contribution in [3.8, 4) is 0 Å². The molecule has 0 aliphatic rings. The quantitative estimate of drug-likeness (QED) is 0.844. The Bertz CT molecular complexity index is 523. The molecule has 2 N–H and O–H groups in total. The minimum atomic E-state index is -0.413. The van der Waals surface area contributed by atoms with E-state index in [2.05, 4.69) is 0 Å². The van der Waals surface area contributed by atoms with Crippen molar-refractivity contribution < 1.29 is 13.5 Å². The number of hydrogen-bond donors (Lipinski definition) is 1. The topological polar surface area (TPSA) is 35.2 Å². The van der Waals surface area contributed by atoms with Crippen molar-refractivity contribution in [1.29, 1.82) is 0 Å². The van der Waals surface area contributed by atoms with E-state index < -0.39 is 5.82 Å². The van der Waals surface area contributed by atoms with E-state index in [0.717, 1.165) is 0 Å². The number of nitrogen functional groups attached to an aromatic ring is 1. The zero-order valence-electron chi connectivity index (χ0n) is 9.70. The molecule has 2 aromatic rings. The fraction of sp³-hybridized carbons (Fsp3) is 0.143. The van der Waals surface area contributed by atoms with Gasteiger partial charge < -0.3 is 10.5 Å². The molecule has 0 bridgehead atoms. The van der Waals surface area contributed by atoms with Gasteiger partial charge in [0.05, 0.1) is 13.2 Å². The van der Waals surface area contributed by atoms with Crippen LogP contribution in [0.15, 0.2) is 42.5 Å². The molecule has 0 saturated heterocycles. The van der Waals surface area contributed by atoms with Crippen LogP contribution in [0.25, 0.3) is 0 Å². The molecule has 0 spiro atoms. The number of nitrogens with two attached hydrogens (primary N) is 1. The molecule has 18 heavy (non-hydrogen) atoms. The van der Waals surface area contributed by atoms with Crippen LogP contribution in [-0.2, 0) is 18.0 Å². The highest BCUT2D eigenvalue weighted by atomic mass is 19.1. The van der Waals surface area contributed by atoms with Gasteiger partial charge in [-0.15, -0.1) is 0 Å². The Morgan fingerprint density at radius 1 is 0.889 bits per heavy atom. The number of ether oxygens (including phenoxy) is 1. The van der Waals surface area contributed by atoms with E-state index in [4.69, 9.17) is 10.5 Å². The molecule has 0 unspecified atom stereocenters. The predicted octanol–water partition coefficient (Wildman–Crippen LogP) is 3.26. The standard InChI is InChI=1S/C14H13F2NO/c15-12-5-2-1-4-10(12)8-18-9-11-13(16)6-3-7-14(11)17/h1-7H,8-9,17H2. The van der Waals surface area contributed by atoms with Gasteiger partial charge in [0.1, 0.15) is 11.6 Å². The summed E-state index contributed by atoms with van der Waals surface area (Å²) in [6, 6.07) is 10.8. The first kappa shape index (κ1) is 12.5. The lowest BCUT2D eigenvalue weighted by atomic mass is 10.2. The second kappa shape index (κ2) is 5.60. The average molecular weight is 249 g/mol. The zero-order valence-corrected chi connectivity index (χ0v) is 9.70. The Morgan fingerprint density at radius 2 is 1.61 bits per heavy atom. The summed E-state index contributed by atoms with van der Waals surface area (Å²) >= 11 is 0. The predicted molar refractivity (Wildman–Crippen MR) is 65.7 cm³/mol. The van der Waals surface area contributed by atoms with Crippen LogP contribution in [0.5, 0.6) is 0 Å². The van der Waals surface area contributed by atoms with Crippen molar-refractivity contribution in [3.05, 3.63) is 65.2 Å². The Kier molecular flexibility index (Phi) is 3.89. The van der Waals surface area contributed by atoms with E-state index >= 15 is 0 Å². The molecule has 2 nitrogen and oxygen atoms in total. The SMILES string of the molecule is Nc1cccc(F)c1COCc1ccccc1F. The van der Waals surface area contributed by atoms with Gasteiger partial charge in [-0.2, -0.15) is 0 Å². The van der Waals surface area contributed by atoms with E-state index in [1.165, 1.54) is 18.2 Å². The molecule has 0 radical (unpaired) electrons. The fourth-order valence-electron chi connectivity index (χ4n) is 1.61. The molecular formula is C14H13F2NO. The third-order valence-corrected chi connectivity index (χ3v) is 2.62. The first-order valence-electron chi connectivity index (χ1n) is 5.52. The Hall–Kier alpha value is -1.94. The van der Waals surface area contributed by atoms with Crippen LogP contribution >= 0.6 is 0 Å². The van der Waals surface area contributed by atoms with Gasteiger partial charge >= 0.3 is 0 Å². The lowest BCUT2D eigenvalue weighted by Gasteiger charge is -2.08. The normalized spacial score (nSPS) is 10.6. The monoisotopic (exact) mass is 249 g/mol. The van der Waals surface area contributed by atoms with Gasteiger partial charge in [-0.1, -0.05) is 24.3 Å². The second-order valence-corrected chi connectivity index (χ2v) is 3.89. The molecule has 2 aromatic carbocycles. The van der Waals surface area contributed by atoms with Gasteiger partial charge in [-0.3, -0.25) is 0 Å². The maximum Gasteiger partial charge on any atom is 0.130 e. The molecular weight excluding hydrogens is 236 g/mol. The summed E-state index contributed by atoms with van der Waals surface area (Å²) in [5.74, 6) is -0.748. The van der Waals surface area contributed by atoms with Gasteiger partial charge in [0, 0.05) is 16.8 Å². The Balaban J connectivity index is 1.99. The van der Waals surface area contributed by atoms with Gasteiger partial charge in [-0.05, 0) is 18.2 Å². The molecule has 2 rings (SSSR count). The number of hydrogen-bond acceptors (Lipinski definition) is 2. The summed E-state index contributed by atoms with van der Waals surface area (Å²) in [5.41, 5.74) is 6.71. The molecule has 0 aliphatic heterocycles. The van der Waals surface area contributed by atoms with Crippen molar-refractivity contribution in [1.82, 2.24) is 0 Å². The largest absolute Gasteiger partial charge is 0.398 e. The van der Waals surface area contributed by atoms with Crippen molar-refractivity contribution in [2.24, 2.45) is 0 Å². The number of halogens is 2. The second-order valence-electron chi connectivity index (χ2n) is 3.89. The molecule has 94 valence electrons. The highest BCUT2D eigenvalue weighted by Crippen LogP contribution is 2.17. The van der Waals surface area contributed by atoms with Crippen molar-refractivity contribution in [2.75, 3.05) is 5.73 Å². The van der Waals surface area contributed by atoms with Crippen LogP contribution < -0.4 is 5.73 Å². The molecule has 0 aliphatic carbocycles. The summed E-state index contributed by atoms with van der Waals surface area (Å²) in [4.78, 5) is 0. The van der Waals surface area contributed by atoms with E-state index in [1.807, 2.05) is 0 Å². The first-order valence-corrected chi connectivity index (χ1v) is 5.52. The maximum absolute atomic E-state index is 13.4. The number of rotatable bonds is 4. The molecule has 0 atom stereocenters. The van der Waals surface area contributed by atoms with Crippen LogP contribution in [-0.4, -0.2) is 0 Å². The van der Waals surface area contributed by atoms with E-state index in [-0.39, 0.29) is 19.0 Å². The summed E-state index contributed by atoms with van der Waals surface area (Å²) in [5, 5.41) is 0. The highest BCUT2D eigenvalue weighted by molar-refractivity contribution is 5.46. The molecule has 4 heteroatoms. The third kappa shape index (κ3) is 2.84. The lowest BCUT2D eigenvalue weighted by Crippen LogP contribution is -2.02. The van der Waals surface area contributed by atoms with Crippen LogP contribution in [0, 0.1) is 11.6 Å². The van der Waals surface area contributed by atoms with Crippen LogP contribution in [0.2, 0.25) is 0 Å². The van der Waals surface area contributed by atoms with Gasteiger partial charge in [0.25, 0.3) is 0 Å². The average Bonchev–Trinajstić information content (AvgIpc) is 2.35. The Labute approximate surface area is 104 Å². The Morgan fingerprint density at radius 3 is 2.33 bits per heavy atom. The van der Waals surface area contributed by atoms with Crippen LogP contribution in [0.3, 0.4) is 0 Å². The molecule has 0 saturated carbocycles. The van der Waals surface area contributed by atoms with Crippen molar-refractivity contribution in [2.45, 2.75) is 13.2 Å². The molecule has 0 fully saturated rings. The third-order valence-electron chi connectivity index (χ3n) is 2.62. The van der Waals surface area contributed by atoms with Crippen molar-refractivity contribution >= 4 is 5.69 Å². The number of benzene rings is 2. The van der Waals surface area contributed by atoms with E-state index in [1.54, 1.807) is 24.3 Å². The highest BCUT2D eigenvalue weighted by Gasteiger charge is 2.07. The molecule has 0 amide bonds. The van der Waals surface area contributed by atoms with Gasteiger partial charge in [0.2, 0.25) is 0 Å². The first-order chi connectivity index (χ1) is 8.68. The summed E-state index contributed by atoms with van der Waals surface area (Å²) in [6.45, 7) is 0.104. The summed E-state index contributed by atoms with van der Waals surface area (Å²) in [7, 11) is 0. The smallest absolute Gasteiger partial charge is 0.130 e. The lowest BCUT2D eigenvalue weighted by molar-refractivity contribution is 0.103. The summed E-state index contributed by atoms with van der Waals surface area (Å²) < 4.78 is 32.0. The number of anilines is 1. The van der Waals surface area contributed by atoms with Crippen LogP contribution in [0.4, 0.5) is 14.5 Å². The van der Waals surface area contributed by atoms with E-state index in [0.29, 0.717) is 16.8 Å². The molecule has 0 aromatic heterocycles. The van der Waals surface area contributed by atoms with Crippen LogP contribution in [0.1, 0.15) is 11.1 Å². The summed E-state index contributed by atoms with van der Waals surface area (Å²) in [6.07, 6.45) is 0.